The van der Waals surface area contributed by atoms with Crippen LogP contribution in [0.3, 0.4) is 0 Å². The Kier molecular flexibility index (Phi) is 4.47. The third-order valence-electron chi connectivity index (χ3n) is 2.88. The van der Waals surface area contributed by atoms with Crippen LogP contribution < -0.4 is 16.4 Å². The minimum Gasteiger partial charge on any atom is -0.398 e. The van der Waals surface area contributed by atoms with Gasteiger partial charge in [-0.25, -0.2) is 4.98 Å². The number of rotatable bonds is 2. The first-order valence-electron chi connectivity index (χ1n) is 6.42. The van der Waals surface area contributed by atoms with Crippen molar-refractivity contribution in [3.8, 4) is 0 Å². The fourth-order valence-corrected chi connectivity index (χ4v) is 1.71. The molecule has 3 amide bonds. The van der Waals surface area contributed by atoms with Crippen molar-refractivity contribution in [3.63, 3.8) is 0 Å². The molecule has 0 bridgehead atoms. The average molecular weight is 298 g/mol. The molecule has 0 unspecified atom stereocenters. The van der Waals surface area contributed by atoms with Gasteiger partial charge in [0, 0.05) is 11.9 Å². The Morgan fingerprint density at radius 2 is 1.77 bits per heavy atom. The van der Waals surface area contributed by atoms with Gasteiger partial charge in [0.2, 0.25) is 0 Å². The van der Waals surface area contributed by atoms with Crippen LogP contribution in [-0.4, -0.2) is 22.7 Å². The minimum atomic E-state index is -1.08. The van der Waals surface area contributed by atoms with E-state index in [0.29, 0.717) is 5.56 Å². The van der Waals surface area contributed by atoms with Gasteiger partial charge in [0.15, 0.2) is 0 Å². The predicted molar refractivity (Wildman–Crippen MR) is 80.9 cm³/mol. The Labute approximate surface area is 126 Å². The highest BCUT2D eigenvalue weighted by Gasteiger charge is 2.19. The number of aromatic nitrogens is 1. The summed E-state index contributed by atoms with van der Waals surface area (Å²) in [4.78, 5) is 39.3. The molecule has 0 radical (unpaired) electrons. The molecule has 0 aliphatic carbocycles. The van der Waals surface area contributed by atoms with Crippen LogP contribution in [0.25, 0.3) is 0 Å². The van der Waals surface area contributed by atoms with Crippen molar-refractivity contribution in [2.45, 2.75) is 6.92 Å². The molecule has 0 atom stereocenters. The zero-order chi connectivity index (χ0) is 16.1. The van der Waals surface area contributed by atoms with E-state index in [4.69, 9.17) is 5.73 Å². The highest BCUT2D eigenvalue weighted by atomic mass is 16.2. The number of carbonyl (C=O) groups excluding carboxylic acids is 3. The number of para-hydroxylation sites is 1. The molecule has 1 aromatic heterocycles. The van der Waals surface area contributed by atoms with Crippen LogP contribution in [-0.2, 0) is 9.59 Å². The molecule has 112 valence electrons. The number of pyridine rings is 1. The first-order valence-corrected chi connectivity index (χ1v) is 6.42. The van der Waals surface area contributed by atoms with Crippen LogP contribution in [0.5, 0.6) is 0 Å². The van der Waals surface area contributed by atoms with E-state index in [1.807, 2.05) is 5.32 Å². The molecule has 4 N–H and O–H groups in total. The van der Waals surface area contributed by atoms with Crippen molar-refractivity contribution < 1.29 is 14.4 Å². The van der Waals surface area contributed by atoms with Crippen LogP contribution >= 0.6 is 0 Å². The maximum Gasteiger partial charge on any atom is 0.316 e. The van der Waals surface area contributed by atoms with Crippen LogP contribution in [0.15, 0.2) is 42.6 Å². The number of carbonyl (C=O) groups is 3. The molecule has 2 rings (SSSR count). The van der Waals surface area contributed by atoms with Crippen molar-refractivity contribution in [2.24, 2.45) is 0 Å². The summed E-state index contributed by atoms with van der Waals surface area (Å²) in [6, 6.07) is 9.68. The summed E-state index contributed by atoms with van der Waals surface area (Å²) in [6.07, 6.45) is 1.48. The normalized spacial score (nSPS) is 9.86. The van der Waals surface area contributed by atoms with Gasteiger partial charge in [0.05, 0.1) is 5.56 Å². The van der Waals surface area contributed by atoms with Crippen LogP contribution in [0.4, 0.5) is 11.5 Å². The van der Waals surface area contributed by atoms with Gasteiger partial charge in [0.25, 0.3) is 5.91 Å². The first kappa shape index (κ1) is 15.2. The Bertz CT molecular complexity index is 743. The number of nitrogens with two attached hydrogens (primary N) is 1. The second kappa shape index (κ2) is 6.49. The second-order valence-corrected chi connectivity index (χ2v) is 4.49. The van der Waals surface area contributed by atoms with E-state index in [2.05, 4.69) is 10.3 Å². The first-order chi connectivity index (χ1) is 10.5. The third-order valence-corrected chi connectivity index (χ3v) is 2.88. The van der Waals surface area contributed by atoms with Gasteiger partial charge < -0.3 is 11.1 Å². The Morgan fingerprint density at radius 1 is 1.05 bits per heavy atom. The van der Waals surface area contributed by atoms with Gasteiger partial charge in [-0.15, -0.1) is 0 Å². The SMILES string of the molecule is Cc1cccnc1NC(=O)C(=O)NC(=O)c1ccccc1N. The molecule has 0 saturated carbocycles. The molecule has 7 heteroatoms. The van der Waals surface area contributed by atoms with E-state index >= 15 is 0 Å². The number of imide groups is 1. The van der Waals surface area contributed by atoms with Crippen molar-refractivity contribution in [1.29, 1.82) is 0 Å². The standard InChI is InChI=1S/C15H14N4O3/c1-9-5-4-8-17-12(9)18-14(21)15(22)19-13(20)10-6-2-3-7-11(10)16/h2-8H,16H2,1H3,(H,17,18,21)(H,19,20,22). The number of nitrogens with zero attached hydrogens (tertiary/aromatic N) is 1. The molecule has 1 aromatic carbocycles. The predicted octanol–water partition coefficient (Wildman–Crippen LogP) is 0.867. The fourth-order valence-electron chi connectivity index (χ4n) is 1.71. The smallest absolute Gasteiger partial charge is 0.316 e. The molecule has 0 aliphatic heterocycles. The maximum absolute atomic E-state index is 11.9. The van der Waals surface area contributed by atoms with Crippen molar-refractivity contribution in [2.75, 3.05) is 11.1 Å². The molecule has 7 nitrogen and oxygen atoms in total. The summed E-state index contributed by atoms with van der Waals surface area (Å²) in [7, 11) is 0. The summed E-state index contributed by atoms with van der Waals surface area (Å²) >= 11 is 0. The maximum atomic E-state index is 11.9. The number of amides is 3. The topological polar surface area (TPSA) is 114 Å². The van der Waals surface area contributed by atoms with E-state index in [9.17, 15) is 14.4 Å². The Hall–Kier alpha value is -3.22. The fraction of sp³-hybridized carbons (Fsp3) is 0.0667. The molecule has 0 spiro atoms. The molecule has 1 heterocycles. The molecular weight excluding hydrogens is 284 g/mol. The quantitative estimate of drug-likeness (QED) is 0.562. The second-order valence-electron chi connectivity index (χ2n) is 4.49. The molecule has 0 fully saturated rings. The van der Waals surface area contributed by atoms with Crippen LogP contribution in [0, 0.1) is 6.92 Å². The van der Waals surface area contributed by atoms with E-state index in [1.54, 1.807) is 31.2 Å². The molecule has 2 aromatic rings. The lowest BCUT2D eigenvalue weighted by Gasteiger charge is -2.08. The van der Waals surface area contributed by atoms with E-state index in [-0.39, 0.29) is 17.1 Å². The van der Waals surface area contributed by atoms with Gasteiger partial charge in [0.1, 0.15) is 5.82 Å². The summed E-state index contributed by atoms with van der Waals surface area (Å²) in [5, 5.41) is 4.31. The summed E-state index contributed by atoms with van der Waals surface area (Å²) in [5.41, 5.74) is 6.67. The monoisotopic (exact) mass is 298 g/mol. The minimum absolute atomic E-state index is 0.123. The van der Waals surface area contributed by atoms with Crippen LogP contribution in [0.2, 0.25) is 0 Å². The largest absolute Gasteiger partial charge is 0.398 e. The zero-order valence-corrected chi connectivity index (χ0v) is 11.8. The number of nitrogen functional groups attached to an aromatic ring is 1. The zero-order valence-electron chi connectivity index (χ0n) is 11.8. The third kappa shape index (κ3) is 3.45. The Balaban J connectivity index is 2.03. The average Bonchev–Trinajstić information content (AvgIpc) is 2.49. The number of anilines is 2. The van der Waals surface area contributed by atoms with Gasteiger partial charge in [-0.3, -0.25) is 19.7 Å². The summed E-state index contributed by atoms with van der Waals surface area (Å²) in [5.74, 6) is -2.55. The van der Waals surface area contributed by atoms with Crippen LogP contribution in [0.1, 0.15) is 15.9 Å². The molecular formula is C15H14N4O3. The lowest BCUT2D eigenvalue weighted by Crippen LogP contribution is -2.39. The van der Waals surface area contributed by atoms with E-state index < -0.39 is 17.7 Å². The number of hydrogen-bond acceptors (Lipinski definition) is 5. The van der Waals surface area contributed by atoms with Gasteiger partial charge in [-0.2, -0.15) is 0 Å². The van der Waals surface area contributed by atoms with E-state index in [1.165, 1.54) is 18.3 Å². The Morgan fingerprint density at radius 3 is 2.45 bits per heavy atom. The summed E-state index contributed by atoms with van der Waals surface area (Å²) < 4.78 is 0. The summed E-state index contributed by atoms with van der Waals surface area (Å²) in [6.45, 7) is 1.73. The van der Waals surface area contributed by atoms with Gasteiger partial charge in [-0.1, -0.05) is 18.2 Å². The highest BCUT2D eigenvalue weighted by Crippen LogP contribution is 2.10. The number of aryl methyl sites for hydroxylation is 1. The van der Waals surface area contributed by atoms with E-state index in [0.717, 1.165) is 0 Å². The van der Waals surface area contributed by atoms with Crippen molar-refractivity contribution in [1.82, 2.24) is 10.3 Å². The van der Waals surface area contributed by atoms with Crippen molar-refractivity contribution in [3.05, 3.63) is 53.7 Å². The number of hydrogen-bond donors (Lipinski definition) is 3. The molecule has 0 saturated heterocycles. The lowest BCUT2D eigenvalue weighted by atomic mass is 10.1. The number of nitrogens with one attached hydrogen (secondary N) is 2. The molecule has 0 aliphatic rings. The lowest BCUT2D eigenvalue weighted by molar-refractivity contribution is -0.135. The highest BCUT2D eigenvalue weighted by molar-refractivity contribution is 6.42. The van der Waals surface area contributed by atoms with Gasteiger partial charge >= 0.3 is 11.8 Å². The van der Waals surface area contributed by atoms with Crippen molar-refractivity contribution >= 4 is 29.2 Å². The number of benzene rings is 1. The molecule has 22 heavy (non-hydrogen) atoms. The van der Waals surface area contributed by atoms with Gasteiger partial charge in [-0.05, 0) is 30.7 Å².